The van der Waals surface area contributed by atoms with E-state index in [0.29, 0.717) is 5.56 Å². The molecule has 1 aromatic heterocycles. The number of pyridine rings is 1. The molecule has 5 heteroatoms. The molecule has 0 radical (unpaired) electrons. The highest BCUT2D eigenvalue weighted by Crippen LogP contribution is 2.15. The van der Waals surface area contributed by atoms with E-state index in [0.717, 1.165) is 0 Å². The Hall–Kier alpha value is -1.75. The summed E-state index contributed by atoms with van der Waals surface area (Å²) in [5.74, 6) is -1.68. The molecule has 2 N–H and O–H groups in total. The van der Waals surface area contributed by atoms with Crippen LogP contribution in [0.2, 0.25) is 0 Å². The number of carboxylic acid groups (broad SMARTS) is 1. The zero-order valence-electron chi connectivity index (χ0n) is 7.96. The molecular weight excluding hydrogens is 198 g/mol. The highest BCUT2D eigenvalue weighted by atomic mass is 16.4. The van der Waals surface area contributed by atoms with Gasteiger partial charge in [-0.3, -0.25) is 14.6 Å². The first kappa shape index (κ1) is 11.3. The minimum Gasteiger partial charge on any atom is -0.481 e. The second kappa shape index (κ2) is 5.21. The molecule has 0 aliphatic carbocycles. The number of carbonyl (C=O) groups is 2. The van der Waals surface area contributed by atoms with Gasteiger partial charge in [0, 0.05) is 18.8 Å². The maximum atomic E-state index is 11.1. The zero-order chi connectivity index (χ0) is 11.3. The lowest BCUT2D eigenvalue weighted by Crippen LogP contribution is -2.11. The fourth-order valence-corrected chi connectivity index (χ4v) is 1.15. The minimum absolute atomic E-state index is 0.196. The molecule has 80 valence electrons. The predicted molar refractivity (Wildman–Crippen MR) is 51.1 cm³/mol. The highest BCUT2D eigenvalue weighted by Gasteiger charge is 2.15. The van der Waals surface area contributed by atoms with Gasteiger partial charge in [0.15, 0.2) is 0 Å². The number of carboxylic acids is 1. The van der Waals surface area contributed by atoms with Gasteiger partial charge < -0.3 is 10.2 Å². The van der Waals surface area contributed by atoms with Crippen LogP contribution in [0.15, 0.2) is 24.5 Å². The molecule has 1 heterocycles. The van der Waals surface area contributed by atoms with Crippen molar-refractivity contribution in [2.45, 2.75) is 18.9 Å². The molecule has 0 fully saturated rings. The van der Waals surface area contributed by atoms with Gasteiger partial charge in [-0.15, -0.1) is 0 Å². The number of ketones is 1. The smallest absolute Gasteiger partial charge is 0.310 e. The topological polar surface area (TPSA) is 87.5 Å². The van der Waals surface area contributed by atoms with E-state index in [1.165, 1.54) is 6.20 Å². The normalized spacial score (nSPS) is 12.1. The standard InChI is InChI=1S/C10H11NO4/c12-8(5-10(14)15)4-9(13)7-2-1-3-11-6-7/h1-3,6,9,13H,4-5H2,(H,14,15)/t9-/m0/s1. The maximum absolute atomic E-state index is 11.1. The van der Waals surface area contributed by atoms with Crippen molar-refractivity contribution in [3.63, 3.8) is 0 Å². The number of aromatic nitrogens is 1. The van der Waals surface area contributed by atoms with Crippen molar-refractivity contribution in [1.82, 2.24) is 4.98 Å². The molecule has 1 atom stereocenters. The summed E-state index contributed by atoms with van der Waals surface area (Å²) in [4.78, 5) is 25.1. The number of hydrogen-bond acceptors (Lipinski definition) is 4. The van der Waals surface area contributed by atoms with Crippen molar-refractivity contribution in [3.8, 4) is 0 Å². The molecular formula is C10H11NO4. The lowest BCUT2D eigenvalue weighted by molar-refractivity contribution is -0.140. The third-order valence-corrected chi connectivity index (χ3v) is 1.84. The van der Waals surface area contributed by atoms with E-state index < -0.39 is 24.3 Å². The molecule has 5 nitrogen and oxygen atoms in total. The van der Waals surface area contributed by atoms with Gasteiger partial charge in [0.1, 0.15) is 12.2 Å². The van der Waals surface area contributed by atoms with E-state index in [9.17, 15) is 14.7 Å². The van der Waals surface area contributed by atoms with Crippen LogP contribution in [0.1, 0.15) is 24.5 Å². The fraction of sp³-hybridized carbons (Fsp3) is 0.300. The first-order chi connectivity index (χ1) is 7.09. The Bertz CT molecular complexity index is 350. The molecule has 1 aromatic rings. The summed E-state index contributed by atoms with van der Waals surface area (Å²) in [6, 6.07) is 3.27. The first-order valence-corrected chi connectivity index (χ1v) is 4.41. The van der Waals surface area contributed by atoms with Crippen molar-refractivity contribution in [3.05, 3.63) is 30.1 Å². The number of nitrogens with zero attached hydrogens (tertiary/aromatic N) is 1. The van der Waals surface area contributed by atoms with Crippen LogP contribution in [0.4, 0.5) is 0 Å². The number of hydrogen-bond donors (Lipinski definition) is 2. The highest BCUT2D eigenvalue weighted by molar-refractivity contribution is 5.94. The van der Waals surface area contributed by atoms with Gasteiger partial charge in [0.05, 0.1) is 6.10 Å². The van der Waals surface area contributed by atoms with Crippen molar-refractivity contribution >= 4 is 11.8 Å². The Morgan fingerprint density at radius 3 is 2.73 bits per heavy atom. The van der Waals surface area contributed by atoms with E-state index in [-0.39, 0.29) is 6.42 Å². The molecule has 0 spiro atoms. The first-order valence-electron chi connectivity index (χ1n) is 4.41. The number of carbonyl (C=O) groups excluding carboxylic acids is 1. The lowest BCUT2D eigenvalue weighted by Gasteiger charge is -2.08. The fourth-order valence-electron chi connectivity index (χ4n) is 1.15. The summed E-state index contributed by atoms with van der Waals surface area (Å²) >= 11 is 0. The number of aliphatic hydroxyl groups excluding tert-OH is 1. The van der Waals surface area contributed by atoms with Crippen LogP contribution in [0.3, 0.4) is 0 Å². The summed E-state index contributed by atoms with van der Waals surface area (Å²) in [6.45, 7) is 0. The molecule has 0 aliphatic heterocycles. The van der Waals surface area contributed by atoms with Crippen LogP contribution < -0.4 is 0 Å². The minimum atomic E-state index is -1.18. The zero-order valence-corrected chi connectivity index (χ0v) is 7.96. The van der Waals surface area contributed by atoms with Gasteiger partial charge in [0.2, 0.25) is 0 Å². The Kier molecular flexibility index (Phi) is 3.93. The summed E-state index contributed by atoms with van der Waals surface area (Å²) in [5, 5.41) is 17.9. The lowest BCUT2D eigenvalue weighted by atomic mass is 10.0. The molecule has 0 unspecified atom stereocenters. The number of aliphatic hydroxyl groups is 1. The number of aliphatic carboxylic acids is 1. The third-order valence-electron chi connectivity index (χ3n) is 1.84. The van der Waals surface area contributed by atoms with E-state index >= 15 is 0 Å². The Labute approximate surface area is 86.4 Å². The molecule has 0 amide bonds. The molecule has 15 heavy (non-hydrogen) atoms. The van der Waals surface area contributed by atoms with Crippen LogP contribution in [-0.4, -0.2) is 26.9 Å². The molecule has 0 aliphatic rings. The molecule has 0 aromatic carbocycles. The number of rotatable bonds is 5. The van der Waals surface area contributed by atoms with Crippen LogP contribution in [0, 0.1) is 0 Å². The SMILES string of the molecule is O=C(O)CC(=O)C[C@H](O)c1cccnc1. The summed E-state index contributed by atoms with van der Waals surface area (Å²) in [6.07, 6.45) is 1.26. The van der Waals surface area contributed by atoms with Crippen LogP contribution in [0.25, 0.3) is 0 Å². The summed E-state index contributed by atoms with van der Waals surface area (Å²) < 4.78 is 0. The molecule has 1 rings (SSSR count). The van der Waals surface area contributed by atoms with Gasteiger partial charge in [-0.2, -0.15) is 0 Å². The third kappa shape index (κ3) is 3.86. The summed E-state index contributed by atoms with van der Waals surface area (Å²) in [5.41, 5.74) is 0.510. The van der Waals surface area contributed by atoms with Crippen molar-refractivity contribution < 1.29 is 19.8 Å². The van der Waals surface area contributed by atoms with E-state index in [2.05, 4.69) is 4.98 Å². The van der Waals surface area contributed by atoms with Crippen LogP contribution in [0.5, 0.6) is 0 Å². The van der Waals surface area contributed by atoms with Gasteiger partial charge in [-0.25, -0.2) is 0 Å². The second-order valence-corrected chi connectivity index (χ2v) is 3.12. The largest absolute Gasteiger partial charge is 0.481 e. The van der Waals surface area contributed by atoms with Crippen LogP contribution in [-0.2, 0) is 9.59 Å². The van der Waals surface area contributed by atoms with E-state index in [4.69, 9.17) is 5.11 Å². The Morgan fingerprint density at radius 2 is 2.20 bits per heavy atom. The van der Waals surface area contributed by atoms with Gasteiger partial charge >= 0.3 is 5.97 Å². The van der Waals surface area contributed by atoms with Crippen molar-refractivity contribution in [2.75, 3.05) is 0 Å². The van der Waals surface area contributed by atoms with E-state index in [1.54, 1.807) is 18.3 Å². The van der Waals surface area contributed by atoms with Gasteiger partial charge in [0.25, 0.3) is 0 Å². The van der Waals surface area contributed by atoms with Gasteiger partial charge in [-0.05, 0) is 11.6 Å². The van der Waals surface area contributed by atoms with E-state index in [1.807, 2.05) is 0 Å². The van der Waals surface area contributed by atoms with Crippen LogP contribution >= 0.6 is 0 Å². The maximum Gasteiger partial charge on any atom is 0.310 e. The van der Waals surface area contributed by atoms with Crippen molar-refractivity contribution in [2.24, 2.45) is 0 Å². The van der Waals surface area contributed by atoms with Gasteiger partial charge in [-0.1, -0.05) is 6.07 Å². The quantitative estimate of drug-likeness (QED) is 0.691. The predicted octanol–water partition coefficient (Wildman–Crippen LogP) is 0.549. The second-order valence-electron chi connectivity index (χ2n) is 3.12. The monoisotopic (exact) mass is 209 g/mol. The van der Waals surface area contributed by atoms with Crippen molar-refractivity contribution in [1.29, 1.82) is 0 Å². The number of Topliss-reactive ketones (excluding diaryl/α,β-unsaturated/α-hetero) is 1. The summed E-state index contributed by atoms with van der Waals surface area (Å²) in [7, 11) is 0. The average Bonchev–Trinajstić information content (AvgIpc) is 2.17. The molecule has 0 saturated carbocycles. The molecule has 0 saturated heterocycles. The Morgan fingerprint density at radius 1 is 1.47 bits per heavy atom. The average molecular weight is 209 g/mol. The Balaban J connectivity index is 2.53. The molecule has 0 bridgehead atoms.